The van der Waals surface area contributed by atoms with Gasteiger partial charge in [-0.2, -0.15) is 0 Å². The Morgan fingerprint density at radius 1 is 1.53 bits per heavy atom. The third-order valence-electron chi connectivity index (χ3n) is 2.73. The highest BCUT2D eigenvalue weighted by Crippen LogP contribution is 2.23. The molecule has 0 fully saturated rings. The Morgan fingerprint density at radius 3 is 2.76 bits per heavy atom. The Hall–Kier alpha value is -0.800. The molecule has 4 heteroatoms. The topological polar surface area (TPSA) is 34.1 Å². The smallest absolute Gasteiger partial charge is 0.152 e. The molecule has 0 radical (unpaired) electrons. The first-order valence-corrected chi connectivity index (χ1v) is 6.15. The van der Waals surface area contributed by atoms with Crippen LogP contribution in [0.5, 0.6) is 0 Å². The molecule has 1 N–H and O–H groups in total. The molecular weight excluding hydrogens is 236 g/mol. The van der Waals surface area contributed by atoms with Gasteiger partial charge in [-0.05, 0) is 45.7 Å². The van der Waals surface area contributed by atoms with Gasteiger partial charge >= 0.3 is 0 Å². The molecule has 1 aromatic heterocycles. The van der Waals surface area contributed by atoms with Crippen molar-refractivity contribution in [3.05, 3.63) is 23.0 Å². The maximum absolute atomic E-state index is 6.04. The van der Waals surface area contributed by atoms with E-state index < -0.39 is 0 Å². The maximum atomic E-state index is 6.04. The second kappa shape index (κ2) is 5.69. The standard InChI is InChI=1S/C13H21ClN2O/c1-9-6-11(12(14)15-8-9)16-10(2)7-13(3,4)17-5/h6,8,10,16H,7H2,1-5H3. The van der Waals surface area contributed by atoms with Crippen molar-refractivity contribution in [2.24, 2.45) is 0 Å². The first-order chi connectivity index (χ1) is 7.84. The van der Waals surface area contributed by atoms with Crippen molar-refractivity contribution in [1.82, 2.24) is 4.98 Å². The summed E-state index contributed by atoms with van der Waals surface area (Å²) in [6, 6.07) is 2.28. The van der Waals surface area contributed by atoms with E-state index in [2.05, 4.69) is 31.1 Å². The Bertz CT molecular complexity index is 380. The summed E-state index contributed by atoms with van der Waals surface area (Å²) in [4.78, 5) is 4.12. The molecule has 96 valence electrons. The van der Waals surface area contributed by atoms with Gasteiger partial charge in [-0.25, -0.2) is 4.98 Å². The number of rotatable bonds is 5. The van der Waals surface area contributed by atoms with E-state index in [0.29, 0.717) is 5.15 Å². The Labute approximate surface area is 109 Å². The molecule has 1 aromatic rings. The molecule has 0 saturated carbocycles. The van der Waals surface area contributed by atoms with E-state index in [0.717, 1.165) is 17.7 Å². The Kier molecular flexibility index (Phi) is 4.78. The van der Waals surface area contributed by atoms with Gasteiger partial charge < -0.3 is 10.1 Å². The molecule has 0 spiro atoms. The Balaban J connectivity index is 2.68. The van der Waals surface area contributed by atoms with Crippen LogP contribution >= 0.6 is 11.6 Å². The normalized spacial score (nSPS) is 13.5. The number of hydrogen-bond acceptors (Lipinski definition) is 3. The summed E-state index contributed by atoms with van der Waals surface area (Å²) in [7, 11) is 1.73. The van der Waals surface area contributed by atoms with Gasteiger partial charge in [0.05, 0.1) is 11.3 Å². The maximum Gasteiger partial charge on any atom is 0.152 e. The van der Waals surface area contributed by atoms with E-state index in [9.17, 15) is 0 Å². The number of nitrogens with zero attached hydrogens (tertiary/aromatic N) is 1. The third kappa shape index (κ3) is 4.52. The zero-order valence-electron chi connectivity index (χ0n) is 11.2. The highest BCUT2D eigenvalue weighted by molar-refractivity contribution is 6.31. The molecule has 0 aromatic carbocycles. The van der Waals surface area contributed by atoms with Crippen molar-refractivity contribution in [3.8, 4) is 0 Å². The summed E-state index contributed by atoms with van der Waals surface area (Å²) >= 11 is 6.04. The molecule has 1 unspecified atom stereocenters. The van der Waals surface area contributed by atoms with Gasteiger partial charge in [-0.3, -0.25) is 0 Å². The van der Waals surface area contributed by atoms with Crippen LogP contribution in [0.25, 0.3) is 0 Å². The van der Waals surface area contributed by atoms with Crippen molar-refractivity contribution >= 4 is 17.3 Å². The van der Waals surface area contributed by atoms with Crippen LogP contribution in [0.2, 0.25) is 5.15 Å². The second-order valence-electron chi connectivity index (χ2n) is 5.06. The summed E-state index contributed by atoms with van der Waals surface area (Å²) in [5, 5.41) is 3.88. The summed E-state index contributed by atoms with van der Waals surface area (Å²) in [6.45, 7) is 8.25. The minimum absolute atomic E-state index is 0.143. The molecule has 1 heterocycles. The van der Waals surface area contributed by atoms with Gasteiger partial charge in [0.25, 0.3) is 0 Å². The molecule has 0 saturated heterocycles. The second-order valence-corrected chi connectivity index (χ2v) is 5.42. The number of pyridine rings is 1. The van der Waals surface area contributed by atoms with Crippen molar-refractivity contribution in [3.63, 3.8) is 0 Å². The van der Waals surface area contributed by atoms with Crippen LogP contribution in [-0.2, 0) is 4.74 Å². The summed E-state index contributed by atoms with van der Waals surface area (Å²) in [5.74, 6) is 0. The molecule has 0 aliphatic carbocycles. The van der Waals surface area contributed by atoms with Crippen LogP contribution in [0.4, 0.5) is 5.69 Å². The zero-order valence-corrected chi connectivity index (χ0v) is 11.9. The fourth-order valence-corrected chi connectivity index (χ4v) is 1.95. The number of aryl methyl sites for hydroxylation is 1. The number of anilines is 1. The largest absolute Gasteiger partial charge is 0.380 e. The molecule has 1 rings (SSSR count). The molecule has 17 heavy (non-hydrogen) atoms. The highest BCUT2D eigenvalue weighted by atomic mass is 35.5. The van der Waals surface area contributed by atoms with Crippen LogP contribution in [0.1, 0.15) is 32.8 Å². The molecule has 0 aliphatic rings. The van der Waals surface area contributed by atoms with Crippen molar-refractivity contribution in [1.29, 1.82) is 0 Å². The van der Waals surface area contributed by atoms with Gasteiger partial charge in [0.2, 0.25) is 0 Å². The van der Waals surface area contributed by atoms with Gasteiger partial charge in [0.1, 0.15) is 0 Å². The quantitative estimate of drug-likeness (QED) is 0.817. The van der Waals surface area contributed by atoms with Gasteiger partial charge in [-0.15, -0.1) is 0 Å². The van der Waals surface area contributed by atoms with E-state index >= 15 is 0 Å². The zero-order chi connectivity index (χ0) is 13.1. The fourth-order valence-electron chi connectivity index (χ4n) is 1.79. The van der Waals surface area contributed by atoms with E-state index in [1.165, 1.54) is 0 Å². The first-order valence-electron chi connectivity index (χ1n) is 5.78. The lowest BCUT2D eigenvalue weighted by molar-refractivity contribution is 0.0128. The number of aromatic nitrogens is 1. The van der Waals surface area contributed by atoms with Crippen LogP contribution in [0.15, 0.2) is 12.3 Å². The van der Waals surface area contributed by atoms with Gasteiger partial charge in [-0.1, -0.05) is 11.6 Å². The van der Waals surface area contributed by atoms with Crippen LogP contribution < -0.4 is 5.32 Å². The fraction of sp³-hybridized carbons (Fsp3) is 0.615. The molecule has 0 bridgehead atoms. The summed E-state index contributed by atoms with van der Waals surface area (Å²) in [5.41, 5.74) is 1.83. The van der Waals surface area contributed by atoms with Crippen molar-refractivity contribution < 1.29 is 4.74 Å². The third-order valence-corrected chi connectivity index (χ3v) is 3.03. The monoisotopic (exact) mass is 256 g/mol. The number of methoxy groups -OCH3 is 1. The predicted octanol–water partition coefficient (Wildman–Crippen LogP) is 3.66. The van der Waals surface area contributed by atoms with Gasteiger partial charge in [0.15, 0.2) is 5.15 Å². The summed E-state index contributed by atoms with van der Waals surface area (Å²) in [6.07, 6.45) is 2.66. The minimum atomic E-state index is -0.143. The molecule has 3 nitrogen and oxygen atoms in total. The van der Waals surface area contributed by atoms with Crippen LogP contribution in [-0.4, -0.2) is 23.7 Å². The number of halogens is 1. The number of hydrogen-bond donors (Lipinski definition) is 1. The van der Waals surface area contributed by atoms with Crippen molar-refractivity contribution in [2.75, 3.05) is 12.4 Å². The molecule has 0 amide bonds. The SMILES string of the molecule is COC(C)(C)CC(C)Nc1cc(C)cnc1Cl. The molecule has 0 aliphatic heterocycles. The van der Waals surface area contributed by atoms with E-state index in [1.807, 2.05) is 13.0 Å². The van der Waals surface area contributed by atoms with E-state index in [1.54, 1.807) is 13.3 Å². The first kappa shape index (κ1) is 14.3. The number of nitrogens with one attached hydrogen (secondary N) is 1. The lowest BCUT2D eigenvalue weighted by Crippen LogP contribution is -2.31. The Morgan fingerprint density at radius 2 is 2.18 bits per heavy atom. The minimum Gasteiger partial charge on any atom is -0.380 e. The highest BCUT2D eigenvalue weighted by Gasteiger charge is 2.20. The lowest BCUT2D eigenvalue weighted by Gasteiger charge is -2.27. The van der Waals surface area contributed by atoms with E-state index in [-0.39, 0.29) is 11.6 Å². The molecular formula is C13H21ClN2O. The van der Waals surface area contributed by atoms with E-state index in [4.69, 9.17) is 16.3 Å². The lowest BCUT2D eigenvalue weighted by atomic mass is 10.00. The number of ether oxygens (including phenoxy) is 1. The summed E-state index contributed by atoms with van der Waals surface area (Å²) < 4.78 is 5.41. The van der Waals surface area contributed by atoms with Gasteiger partial charge in [0, 0.05) is 19.3 Å². The van der Waals surface area contributed by atoms with Crippen molar-refractivity contribution in [2.45, 2.75) is 45.8 Å². The molecule has 1 atom stereocenters. The predicted molar refractivity (Wildman–Crippen MR) is 72.8 cm³/mol. The average molecular weight is 257 g/mol. The average Bonchev–Trinajstić information content (AvgIpc) is 2.23. The van der Waals surface area contributed by atoms with Crippen LogP contribution in [0, 0.1) is 6.92 Å². The van der Waals surface area contributed by atoms with Crippen LogP contribution in [0.3, 0.4) is 0 Å².